The van der Waals surface area contributed by atoms with Gasteiger partial charge in [0.15, 0.2) is 0 Å². The molecule has 11 heteroatoms. The van der Waals surface area contributed by atoms with Crippen LogP contribution >= 0.6 is 0 Å². The predicted octanol–water partition coefficient (Wildman–Crippen LogP) is 14.9. The minimum Gasteiger partial charge on any atom is -0.675 e. The van der Waals surface area contributed by atoms with Crippen molar-refractivity contribution in [3.8, 4) is 23.0 Å². The average molecular weight is 1060 g/mol. The molecular weight excluding hydrogens is 976 g/mol. The van der Waals surface area contributed by atoms with Crippen LogP contribution in [0.15, 0.2) is 59.7 Å². The van der Waals surface area contributed by atoms with Gasteiger partial charge >= 0.3 is 33.0 Å². The largest absolute Gasteiger partial charge is 4.00 e. The third kappa shape index (κ3) is 19.8. The number of benzene rings is 2. The van der Waals surface area contributed by atoms with Gasteiger partial charge in [-0.15, -0.1) is 12.1 Å². The van der Waals surface area contributed by atoms with Gasteiger partial charge in [-0.25, -0.2) is 9.59 Å². The van der Waals surface area contributed by atoms with E-state index in [0.717, 1.165) is 75.4 Å². The first-order chi connectivity index (χ1) is 28.0. The molecule has 0 radical (unpaired) electrons. The van der Waals surface area contributed by atoms with Gasteiger partial charge in [0.1, 0.15) is 34.1 Å². The molecule has 63 heavy (non-hydrogen) atoms. The molecule has 358 valence electrons. The van der Waals surface area contributed by atoms with Crippen molar-refractivity contribution in [3.05, 3.63) is 119 Å². The summed E-state index contributed by atoms with van der Waals surface area (Å²) in [7, 11) is 0. The maximum atomic E-state index is 11.8. The number of carbonyl (C=O) groups is 2. The number of aromatic hydroxyl groups is 4. The number of phenols is 4. The number of hydrogen-bond donors (Lipinski definition) is 6. The first-order valence-corrected chi connectivity index (χ1v) is 21.7. The fraction of sp³-hybridized carbons (Fsp3) is 0.538. The number of nitrogens with one attached hydrogen (secondary N) is 2. The molecule has 8 N–H and O–H groups in total. The van der Waals surface area contributed by atoms with Crippen molar-refractivity contribution in [2.75, 3.05) is 0 Å². The summed E-state index contributed by atoms with van der Waals surface area (Å²) in [6.07, 6.45) is 14.4. The maximum absolute atomic E-state index is 11.8. The molecule has 0 heterocycles. The van der Waals surface area contributed by atoms with E-state index in [0.29, 0.717) is 35.1 Å². The molecule has 10 nitrogen and oxygen atoms in total. The first kappa shape index (κ1) is 63.4. The zero-order chi connectivity index (χ0) is 46.0. The van der Waals surface area contributed by atoms with E-state index >= 15 is 0 Å². The van der Waals surface area contributed by atoms with Crippen LogP contribution in [0.1, 0.15) is 188 Å². The Morgan fingerprint density at radius 3 is 1.17 bits per heavy atom. The van der Waals surface area contributed by atoms with E-state index in [4.69, 9.17) is 11.5 Å². The van der Waals surface area contributed by atoms with Gasteiger partial charge in [0.25, 0.3) is 0 Å². The Morgan fingerprint density at radius 1 is 0.651 bits per heavy atom. The molecule has 2 aliphatic carbocycles. The molecule has 0 aliphatic heterocycles. The van der Waals surface area contributed by atoms with Crippen molar-refractivity contribution in [2.24, 2.45) is 11.8 Å². The average Bonchev–Trinajstić information content (AvgIpc) is 3.11. The summed E-state index contributed by atoms with van der Waals surface area (Å²) in [4.78, 5) is 23.7. The van der Waals surface area contributed by atoms with Gasteiger partial charge in [0.05, 0.1) is 0 Å². The number of hydrogen-bond acceptors (Lipinski definition) is 6. The zero-order valence-electron chi connectivity index (χ0n) is 40.5. The smallest absolute Gasteiger partial charge is 0.675 e. The van der Waals surface area contributed by atoms with Gasteiger partial charge in [-0.3, -0.25) is 0 Å². The Balaban J connectivity index is -0.000000937. The van der Waals surface area contributed by atoms with Gasteiger partial charge < -0.3 is 57.0 Å². The van der Waals surface area contributed by atoms with Crippen molar-refractivity contribution in [1.82, 2.24) is 0 Å². The maximum Gasteiger partial charge on any atom is 4.00 e. The summed E-state index contributed by atoms with van der Waals surface area (Å²) < 4.78 is 0. The third-order valence-corrected chi connectivity index (χ3v) is 10.8. The number of allylic oxidation sites excluding steroid dienone is 6. The van der Waals surface area contributed by atoms with Gasteiger partial charge in [-0.1, -0.05) is 115 Å². The van der Waals surface area contributed by atoms with Gasteiger partial charge in [0, 0.05) is 23.0 Å². The Bertz CT molecular complexity index is 1690. The Hall–Kier alpha value is -3.85. The van der Waals surface area contributed by atoms with Crippen molar-refractivity contribution in [3.63, 3.8) is 0 Å². The van der Waals surface area contributed by atoms with Gasteiger partial charge in [-0.2, -0.15) is 0 Å². The minimum atomic E-state index is -1.15. The molecule has 0 bridgehead atoms. The molecule has 0 amide bonds. The molecule has 2 aromatic carbocycles. The van der Waals surface area contributed by atoms with Gasteiger partial charge in [-0.05, 0) is 114 Å². The fourth-order valence-corrected chi connectivity index (χ4v) is 7.92. The number of unbranched alkanes of at least 4 members (excludes halogenated alkanes) is 4. The van der Waals surface area contributed by atoms with E-state index in [2.05, 4.69) is 27.0 Å². The number of rotatable bonds is 14. The predicted molar refractivity (Wildman–Crippen MR) is 260 cm³/mol. The molecular formula is C52H82N2O8Pt. The van der Waals surface area contributed by atoms with Crippen LogP contribution in [0.5, 0.6) is 23.0 Å². The van der Waals surface area contributed by atoms with Crippen molar-refractivity contribution in [2.45, 2.75) is 170 Å². The topological polar surface area (TPSA) is 203 Å². The number of aryl methyl sites for hydroxylation is 2. The summed E-state index contributed by atoms with van der Waals surface area (Å²) in [6, 6.07) is 3.23. The minimum absolute atomic E-state index is 0. The fourth-order valence-electron chi connectivity index (χ4n) is 7.92. The van der Waals surface area contributed by atoms with Crippen LogP contribution in [0.25, 0.3) is 11.5 Å². The molecule has 4 atom stereocenters. The summed E-state index contributed by atoms with van der Waals surface area (Å²) in [6.45, 7) is 27.5. The van der Waals surface area contributed by atoms with Crippen molar-refractivity contribution >= 4 is 11.9 Å². The van der Waals surface area contributed by atoms with Crippen LogP contribution in [-0.4, -0.2) is 54.7 Å². The monoisotopic (exact) mass is 1060 g/mol. The Labute approximate surface area is 396 Å². The molecule has 0 aromatic heterocycles. The zero-order valence-corrected chi connectivity index (χ0v) is 42.8. The second-order valence-electron chi connectivity index (χ2n) is 17.3. The van der Waals surface area contributed by atoms with E-state index in [-0.39, 0.29) is 106 Å². The van der Waals surface area contributed by atoms with Gasteiger partial charge in [0.2, 0.25) is 0 Å². The third-order valence-electron chi connectivity index (χ3n) is 10.8. The summed E-state index contributed by atoms with van der Waals surface area (Å²) in [5.41, 5.74) is 18.9. The summed E-state index contributed by atoms with van der Waals surface area (Å²) >= 11 is 0. The molecule has 0 saturated heterocycles. The molecule has 4 unspecified atom stereocenters. The second kappa shape index (κ2) is 31.1. The van der Waals surface area contributed by atoms with E-state index in [1.165, 1.54) is 23.3 Å². The first-order valence-electron chi connectivity index (χ1n) is 21.7. The summed E-state index contributed by atoms with van der Waals surface area (Å²) in [5.74, 6) is -3.34. The van der Waals surface area contributed by atoms with Crippen molar-refractivity contribution in [1.29, 1.82) is 0 Å². The normalized spacial score (nSPS) is 17.6. The Morgan fingerprint density at radius 2 is 0.937 bits per heavy atom. The Kier molecular flexibility index (Phi) is 31.3. The van der Waals surface area contributed by atoms with E-state index in [1.807, 2.05) is 67.5 Å². The molecule has 2 aliphatic rings. The second-order valence-corrected chi connectivity index (χ2v) is 17.3. The molecule has 0 spiro atoms. The van der Waals surface area contributed by atoms with Crippen LogP contribution in [0.4, 0.5) is 0 Å². The van der Waals surface area contributed by atoms with Crippen LogP contribution in [-0.2, 0) is 33.9 Å². The molecule has 2 aromatic rings. The van der Waals surface area contributed by atoms with Crippen molar-refractivity contribution < 1.29 is 61.3 Å². The number of carboxylic acids is 2. The van der Waals surface area contributed by atoms with Crippen LogP contribution in [0, 0.1) is 26.7 Å². The van der Waals surface area contributed by atoms with E-state index in [1.54, 1.807) is 0 Å². The number of carboxylic acid groups (broad SMARTS) is 2. The SMILES string of the molecule is C=C(C)C1CCC(C)=CC1c1c(O)cc(CCCCC)c(C(=O)O)c1O.C=C(C)C1CCC(C)=CC1c1c(O)cc(CCCCC)c(C(=O)O)c1O.CC(C)[NH-].CC(C)[NH-].[CH3-].[CH3-].[Pt+4]. The molecule has 0 saturated carbocycles. The van der Waals surface area contributed by atoms with Crippen LogP contribution in [0.3, 0.4) is 0 Å². The standard InChI is InChI=1S/2C22H30O4.2C3H8N.2CH3.Pt/c2*1-5-6-7-8-15-12-18(23)20(21(24)19(15)22(25)26)17-11-14(4)9-10-16(17)13(2)3;2*1-3(2)4;;;/h2*11-12,16-17,23-24H,2,5-10H2,1,3-4H3,(H,25,26);2*3-4H,1-2H3;2*1H3;/q;;4*-1;+4. The summed E-state index contributed by atoms with van der Waals surface area (Å²) in [5, 5.41) is 62.3. The van der Waals surface area contributed by atoms with Crippen LogP contribution < -0.4 is 0 Å². The quantitative estimate of drug-likeness (QED) is 0.0609. The van der Waals surface area contributed by atoms with Crippen LogP contribution in [0.2, 0.25) is 0 Å². The number of aromatic carboxylic acids is 2. The molecule has 4 rings (SSSR count). The number of phenolic OH excluding ortho intramolecular Hbond substituents is 2. The van der Waals surface area contributed by atoms with E-state index < -0.39 is 11.9 Å². The van der Waals surface area contributed by atoms with E-state index in [9.17, 15) is 40.2 Å². The molecule has 0 fully saturated rings.